The maximum absolute atomic E-state index is 9.43. The molecule has 298 valence electrons. The van der Waals surface area contributed by atoms with Crippen molar-refractivity contribution in [3.05, 3.63) is 125 Å². The number of thiophene rings is 4. The van der Waals surface area contributed by atoms with Crippen molar-refractivity contribution in [3.8, 4) is 43.1 Å². The molecule has 2 saturated carbocycles. The molecule has 4 aliphatic carbocycles. The van der Waals surface area contributed by atoms with Gasteiger partial charge in [0.1, 0.15) is 34.2 Å². The Kier molecular flexibility index (Phi) is 9.74. The fourth-order valence-electron chi connectivity index (χ4n) is 9.80. The molecule has 8 nitrogen and oxygen atoms in total. The van der Waals surface area contributed by atoms with Crippen molar-refractivity contribution >= 4 is 68.6 Å². The molecule has 10 rings (SSSR count). The lowest BCUT2D eigenvalue weighted by Crippen LogP contribution is -2.37. The molecule has 0 radical (unpaired) electrons. The summed E-state index contributed by atoms with van der Waals surface area (Å²) in [4.78, 5) is 15.0. The van der Waals surface area contributed by atoms with Gasteiger partial charge in [0, 0.05) is 63.4 Å². The Morgan fingerprint density at radius 2 is 1.05 bits per heavy atom. The Labute approximate surface area is 365 Å². The molecule has 2 unspecified atom stereocenters. The maximum Gasteiger partial charge on any atom is 0.263 e. The maximum atomic E-state index is 9.43. The molecule has 2 fully saturated rings. The van der Waals surface area contributed by atoms with Gasteiger partial charge in [-0.3, -0.25) is 0 Å². The van der Waals surface area contributed by atoms with E-state index in [4.69, 9.17) is 32.1 Å². The smallest absolute Gasteiger partial charge is 0.263 e. The summed E-state index contributed by atoms with van der Waals surface area (Å²) in [6.45, 7) is 14.8. The second kappa shape index (κ2) is 15.1. The first-order chi connectivity index (χ1) is 29.3. The van der Waals surface area contributed by atoms with E-state index in [1.807, 2.05) is 24.3 Å². The summed E-state index contributed by atoms with van der Waals surface area (Å²) in [6, 6.07) is 12.4. The number of nitrogens with zero attached hydrogens (tertiary/aromatic N) is 4. The number of rotatable bonds is 6. The van der Waals surface area contributed by atoms with Crippen LogP contribution in [0.2, 0.25) is 0 Å². The van der Waals surface area contributed by atoms with Crippen molar-refractivity contribution in [3.63, 3.8) is 0 Å². The zero-order valence-electron chi connectivity index (χ0n) is 33.1. The minimum absolute atomic E-state index is 0.0483. The van der Waals surface area contributed by atoms with Crippen molar-refractivity contribution in [2.24, 2.45) is 11.8 Å². The van der Waals surface area contributed by atoms with Crippen molar-refractivity contribution in [2.45, 2.75) is 75.4 Å². The predicted molar refractivity (Wildman–Crippen MR) is 240 cm³/mol. The molecule has 0 aromatic carbocycles. The van der Waals surface area contributed by atoms with Gasteiger partial charge in [-0.25, -0.2) is 20.2 Å². The van der Waals surface area contributed by atoms with Crippen molar-refractivity contribution in [1.82, 2.24) is 0 Å². The molecular weight excluding hydrogens is 825 g/mol. The highest BCUT2D eigenvalue weighted by atomic mass is 32.1. The van der Waals surface area contributed by atoms with E-state index in [1.54, 1.807) is 71.7 Å². The fourth-order valence-corrected chi connectivity index (χ4v) is 14.7. The monoisotopic (exact) mass is 862 g/mol. The van der Waals surface area contributed by atoms with Gasteiger partial charge in [0.05, 0.1) is 49.3 Å². The lowest BCUT2D eigenvalue weighted by molar-refractivity contribution is -0.0338. The van der Waals surface area contributed by atoms with E-state index in [-0.39, 0.29) is 23.2 Å². The van der Waals surface area contributed by atoms with E-state index in [9.17, 15) is 10.5 Å². The number of methoxy groups -OCH3 is 2. The Bertz CT molecular complexity index is 2610. The van der Waals surface area contributed by atoms with E-state index in [0.29, 0.717) is 0 Å². The molecule has 6 aliphatic rings. The van der Waals surface area contributed by atoms with Gasteiger partial charge in [-0.05, 0) is 99.9 Å². The number of nitriles is 2. The van der Waals surface area contributed by atoms with E-state index < -0.39 is 11.2 Å². The third-order valence-corrected chi connectivity index (χ3v) is 17.4. The standard InChI is InChI=1S/C48H38N4O4S4/c1-51-29(25-49)19-31-21-39(53-3)45(57-31)41-23-35-43(59-41)33-15-27-18-38-34(16-28(27)17-37(33)55-47(35)11-7-5-8-12-47)44-36(48(56-38)13-9-6-10-14-48)24-42(60-44)46-40(54-4)22-32(58-46)20-30(26-50)52-2/h15-24,27-28H,5-14H2,3-4H3/b29-19-,30-20+. The molecule has 2 spiro atoms. The number of ether oxygens (including phenoxy) is 4. The van der Waals surface area contributed by atoms with Gasteiger partial charge in [0.2, 0.25) is 0 Å². The van der Waals surface area contributed by atoms with Crippen LogP contribution in [0.25, 0.3) is 52.5 Å². The molecule has 0 N–H and O–H groups in total. The average Bonchev–Trinajstić information content (AvgIpc) is 4.10. The third-order valence-electron chi connectivity index (χ3n) is 12.6. The van der Waals surface area contributed by atoms with Gasteiger partial charge in [0.25, 0.3) is 11.4 Å². The van der Waals surface area contributed by atoms with Crippen LogP contribution in [0.3, 0.4) is 0 Å². The van der Waals surface area contributed by atoms with E-state index >= 15 is 0 Å². The van der Waals surface area contributed by atoms with Crippen molar-refractivity contribution in [2.75, 3.05) is 14.2 Å². The fraction of sp³-hybridized carbons (Fsp3) is 0.333. The summed E-state index contributed by atoms with van der Waals surface area (Å²) in [5, 5.41) is 18.9. The van der Waals surface area contributed by atoms with Crippen LogP contribution in [-0.4, -0.2) is 14.2 Å². The minimum Gasteiger partial charge on any atom is -0.495 e. The first kappa shape index (κ1) is 38.6. The number of fused-ring (bicyclic) bond motifs is 9. The van der Waals surface area contributed by atoms with Crippen LogP contribution in [0.4, 0.5) is 0 Å². The zero-order valence-corrected chi connectivity index (χ0v) is 36.3. The molecule has 4 aromatic heterocycles. The van der Waals surface area contributed by atoms with Gasteiger partial charge in [-0.15, -0.1) is 45.3 Å². The highest BCUT2D eigenvalue weighted by Crippen LogP contribution is 2.61. The van der Waals surface area contributed by atoms with Gasteiger partial charge in [0.15, 0.2) is 0 Å². The minimum atomic E-state index is -0.403. The van der Waals surface area contributed by atoms with E-state index in [2.05, 4.69) is 46.1 Å². The Morgan fingerprint density at radius 1 is 0.633 bits per heavy atom. The normalized spacial score (nSPS) is 21.9. The molecule has 6 heterocycles. The summed E-state index contributed by atoms with van der Waals surface area (Å²) in [7, 11) is 3.34. The highest BCUT2D eigenvalue weighted by Gasteiger charge is 2.49. The average molecular weight is 863 g/mol. The number of hydrogen-bond acceptors (Lipinski definition) is 10. The Morgan fingerprint density at radius 3 is 1.42 bits per heavy atom. The molecule has 0 amide bonds. The molecule has 12 heteroatoms. The summed E-state index contributed by atoms with van der Waals surface area (Å²) in [6.07, 6.45) is 23.5. The molecule has 60 heavy (non-hydrogen) atoms. The SMILES string of the molecule is [C-]#[N+]/C(C#N)=C\c1cc(OC)c(-c2cc3c(s2)C2=CC4C=C5OC6(CCCCC6)c6cc(-c7sc(/C=C(\C#N)[N+]#[C-])cc7OC)sc6C5=CC4C=C2OC32CCCCC2)s1. The number of allylic oxidation sites excluding steroid dienone is 8. The molecule has 2 atom stereocenters. The van der Waals surface area contributed by atoms with Crippen LogP contribution in [0.5, 0.6) is 11.5 Å². The highest BCUT2D eigenvalue weighted by molar-refractivity contribution is 7.24. The van der Waals surface area contributed by atoms with E-state index in [0.717, 1.165) is 115 Å². The molecular formula is C48H38N4O4S4. The van der Waals surface area contributed by atoms with Gasteiger partial charge >= 0.3 is 0 Å². The molecule has 0 saturated heterocycles. The van der Waals surface area contributed by atoms with Crippen LogP contribution in [0, 0.1) is 47.6 Å². The number of hydrogen-bond donors (Lipinski definition) is 0. The van der Waals surface area contributed by atoms with Crippen LogP contribution in [0.15, 0.2) is 71.5 Å². The largest absolute Gasteiger partial charge is 0.495 e. The van der Waals surface area contributed by atoms with Gasteiger partial charge < -0.3 is 18.9 Å². The molecule has 0 bridgehead atoms. The van der Waals surface area contributed by atoms with Gasteiger partial charge in [-0.1, -0.05) is 25.0 Å². The first-order valence-electron chi connectivity index (χ1n) is 20.2. The lowest BCUT2D eigenvalue weighted by Gasteiger charge is -2.46. The van der Waals surface area contributed by atoms with Crippen molar-refractivity contribution < 1.29 is 18.9 Å². The van der Waals surface area contributed by atoms with Crippen LogP contribution >= 0.6 is 45.3 Å². The topological polar surface area (TPSA) is 93.2 Å². The molecule has 4 aromatic rings. The van der Waals surface area contributed by atoms with Crippen LogP contribution in [0.1, 0.15) is 94.8 Å². The third kappa shape index (κ3) is 6.29. The Balaban J connectivity index is 1.07. The lowest BCUT2D eigenvalue weighted by atomic mass is 9.72. The second-order valence-corrected chi connectivity index (χ2v) is 20.3. The van der Waals surface area contributed by atoms with Crippen LogP contribution in [-0.2, 0) is 20.7 Å². The summed E-state index contributed by atoms with van der Waals surface area (Å²) in [5.74, 6) is 3.55. The van der Waals surface area contributed by atoms with Crippen molar-refractivity contribution in [1.29, 1.82) is 10.5 Å². The van der Waals surface area contributed by atoms with Crippen LogP contribution < -0.4 is 9.47 Å². The zero-order chi connectivity index (χ0) is 41.2. The van der Waals surface area contributed by atoms with E-state index in [1.165, 1.54) is 33.7 Å². The second-order valence-electron chi connectivity index (χ2n) is 16.0. The molecule has 2 aliphatic heterocycles. The summed E-state index contributed by atoms with van der Waals surface area (Å²) in [5.41, 5.74) is 4.07. The summed E-state index contributed by atoms with van der Waals surface area (Å²) < 4.78 is 26.3. The quantitative estimate of drug-likeness (QED) is 0.142. The van der Waals surface area contributed by atoms with Gasteiger partial charge in [-0.2, -0.15) is 0 Å². The summed E-state index contributed by atoms with van der Waals surface area (Å²) >= 11 is 6.65. The Hall–Kier alpha value is -5.60. The predicted octanol–water partition coefficient (Wildman–Crippen LogP) is 13.7. The first-order valence-corrected chi connectivity index (χ1v) is 23.5.